The van der Waals surface area contributed by atoms with Crippen LogP contribution in [0.4, 0.5) is 0 Å². The van der Waals surface area contributed by atoms with Crippen molar-refractivity contribution in [2.45, 2.75) is 11.3 Å². The predicted molar refractivity (Wildman–Crippen MR) is 53.8 cm³/mol. The number of carbonyl (C=O) groups is 1. The minimum atomic E-state index is -1.04. The fraction of sp³-hybridized carbons (Fsp3) is 0.222. The minimum absolute atomic E-state index is 0.460. The molecule has 13 heavy (non-hydrogen) atoms. The van der Waals surface area contributed by atoms with Crippen molar-refractivity contribution < 1.29 is 9.90 Å². The number of hydrogen-bond donors (Lipinski definition) is 3. The number of rotatable bonds is 3. The molecule has 0 aliphatic heterocycles. The van der Waals surface area contributed by atoms with Gasteiger partial charge in [0, 0.05) is 0 Å². The summed E-state index contributed by atoms with van der Waals surface area (Å²) in [5.74, 6) is -1.04. The molecule has 0 aliphatic rings. The lowest BCUT2D eigenvalue weighted by Gasteiger charge is -2.14. The lowest BCUT2D eigenvalue weighted by molar-refractivity contribution is -0.138. The Morgan fingerprint density at radius 2 is 1.92 bits per heavy atom. The highest BCUT2D eigenvalue weighted by molar-refractivity contribution is 7.80. The van der Waals surface area contributed by atoms with E-state index in [2.05, 4.69) is 12.6 Å². The Hall–Kier alpha value is -1.00. The lowest BCUT2D eigenvalue weighted by atomic mass is 10.1. The van der Waals surface area contributed by atoms with Crippen LogP contribution in [-0.4, -0.2) is 17.1 Å². The van der Waals surface area contributed by atoms with Gasteiger partial charge in [0.1, 0.15) is 6.04 Å². The second-order valence-corrected chi connectivity index (χ2v) is 3.28. The van der Waals surface area contributed by atoms with Crippen LogP contribution in [-0.2, 0) is 4.79 Å². The molecule has 0 aliphatic carbocycles. The SMILES string of the molecule is N[C@H](C(=O)O)C(S)c1ccccc1. The van der Waals surface area contributed by atoms with Gasteiger partial charge in [0.2, 0.25) is 0 Å². The predicted octanol–water partition coefficient (Wildman–Crippen LogP) is 1.07. The number of carboxylic acids is 1. The molecule has 0 saturated carbocycles. The zero-order valence-corrected chi connectivity index (χ0v) is 7.82. The molecule has 0 fully saturated rings. The first kappa shape index (κ1) is 10.1. The van der Waals surface area contributed by atoms with Gasteiger partial charge in [-0.3, -0.25) is 4.79 Å². The summed E-state index contributed by atoms with van der Waals surface area (Å²) in [5.41, 5.74) is 6.24. The van der Waals surface area contributed by atoms with Crippen molar-refractivity contribution in [3.8, 4) is 0 Å². The fourth-order valence-electron chi connectivity index (χ4n) is 0.993. The third-order valence-electron chi connectivity index (χ3n) is 1.77. The topological polar surface area (TPSA) is 63.3 Å². The van der Waals surface area contributed by atoms with Crippen LogP contribution in [0.15, 0.2) is 30.3 Å². The molecule has 4 heteroatoms. The maximum Gasteiger partial charge on any atom is 0.321 e. The Balaban J connectivity index is 2.79. The molecule has 0 aromatic heterocycles. The summed E-state index contributed by atoms with van der Waals surface area (Å²) in [6.07, 6.45) is 0. The highest BCUT2D eigenvalue weighted by atomic mass is 32.1. The van der Waals surface area contributed by atoms with Crippen molar-refractivity contribution in [1.82, 2.24) is 0 Å². The quantitative estimate of drug-likeness (QED) is 0.635. The van der Waals surface area contributed by atoms with Crippen molar-refractivity contribution in [3.63, 3.8) is 0 Å². The summed E-state index contributed by atoms with van der Waals surface area (Å²) in [5, 5.41) is 8.18. The molecule has 3 N–H and O–H groups in total. The largest absolute Gasteiger partial charge is 0.480 e. The van der Waals surface area contributed by atoms with Gasteiger partial charge in [-0.15, -0.1) is 0 Å². The Kier molecular flexibility index (Phi) is 3.33. The molecule has 0 saturated heterocycles. The van der Waals surface area contributed by atoms with Gasteiger partial charge in [-0.2, -0.15) is 12.6 Å². The molecular weight excluding hydrogens is 186 g/mol. The van der Waals surface area contributed by atoms with Crippen LogP contribution in [0.5, 0.6) is 0 Å². The highest BCUT2D eigenvalue weighted by Crippen LogP contribution is 2.22. The number of hydrogen-bond acceptors (Lipinski definition) is 3. The number of thiol groups is 1. The third kappa shape index (κ3) is 2.47. The molecule has 0 heterocycles. The van der Waals surface area contributed by atoms with Crippen molar-refractivity contribution in [2.24, 2.45) is 5.73 Å². The monoisotopic (exact) mass is 197 g/mol. The van der Waals surface area contributed by atoms with Crippen LogP contribution in [0.25, 0.3) is 0 Å². The Morgan fingerprint density at radius 1 is 1.38 bits per heavy atom. The third-order valence-corrected chi connectivity index (χ3v) is 2.39. The van der Waals surface area contributed by atoms with E-state index in [1.165, 1.54) is 0 Å². The lowest BCUT2D eigenvalue weighted by Crippen LogP contribution is -2.34. The van der Waals surface area contributed by atoms with Gasteiger partial charge < -0.3 is 10.8 Å². The number of nitrogens with two attached hydrogens (primary N) is 1. The maximum absolute atomic E-state index is 10.5. The molecule has 0 spiro atoms. The van der Waals surface area contributed by atoms with Crippen LogP contribution in [0.2, 0.25) is 0 Å². The van der Waals surface area contributed by atoms with E-state index in [0.717, 1.165) is 5.56 Å². The van der Waals surface area contributed by atoms with Gasteiger partial charge in [0.05, 0.1) is 5.25 Å². The highest BCUT2D eigenvalue weighted by Gasteiger charge is 2.21. The number of carboxylic acid groups (broad SMARTS) is 1. The Morgan fingerprint density at radius 3 is 2.38 bits per heavy atom. The standard InChI is InChI=1S/C9H11NO2S/c10-7(9(11)12)8(13)6-4-2-1-3-5-6/h1-5,7-8,13H,10H2,(H,11,12)/t7-,8?/m0/s1. The summed E-state index contributed by atoms with van der Waals surface area (Å²) in [4.78, 5) is 10.5. The second-order valence-electron chi connectivity index (χ2n) is 2.72. The molecule has 0 radical (unpaired) electrons. The van der Waals surface area contributed by atoms with Gasteiger partial charge in [-0.1, -0.05) is 30.3 Å². The molecule has 2 atom stereocenters. The maximum atomic E-state index is 10.5. The Bertz CT molecular complexity index is 289. The van der Waals surface area contributed by atoms with Crippen LogP contribution in [0.1, 0.15) is 10.8 Å². The summed E-state index contributed by atoms with van der Waals surface area (Å²) in [6.45, 7) is 0. The van der Waals surface area contributed by atoms with Gasteiger partial charge in [-0.05, 0) is 5.56 Å². The summed E-state index contributed by atoms with van der Waals surface area (Å²) in [6, 6.07) is 8.16. The first-order chi connectivity index (χ1) is 6.13. The van der Waals surface area contributed by atoms with E-state index in [4.69, 9.17) is 10.8 Å². The van der Waals surface area contributed by atoms with E-state index in [9.17, 15) is 4.79 Å². The Labute approximate surface area is 82.0 Å². The van der Waals surface area contributed by atoms with E-state index in [-0.39, 0.29) is 0 Å². The zero-order valence-electron chi connectivity index (χ0n) is 6.92. The van der Waals surface area contributed by atoms with Crippen LogP contribution >= 0.6 is 12.6 Å². The van der Waals surface area contributed by atoms with Crippen molar-refractivity contribution in [2.75, 3.05) is 0 Å². The van der Waals surface area contributed by atoms with Crippen LogP contribution < -0.4 is 5.73 Å². The summed E-state index contributed by atoms with van der Waals surface area (Å²) in [7, 11) is 0. The van der Waals surface area contributed by atoms with E-state index in [1.54, 1.807) is 12.1 Å². The second kappa shape index (κ2) is 4.30. The molecule has 1 unspecified atom stereocenters. The number of benzene rings is 1. The molecule has 70 valence electrons. The average Bonchev–Trinajstić information content (AvgIpc) is 2.17. The first-order valence-electron chi connectivity index (χ1n) is 3.84. The van der Waals surface area contributed by atoms with Crippen LogP contribution in [0.3, 0.4) is 0 Å². The van der Waals surface area contributed by atoms with Gasteiger partial charge in [0.15, 0.2) is 0 Å². The molecule has 3 nitrogen and oxygen atoms in total. The van der Waals surface area contributed by atoms with E-state index in [1.807, 2.05) is 18.2 Å². The van der Waals surface area contributed by atoms with Crippen molar-refractivity contribution in [3.05, 3.63) is 35.9 Å². The van der Waals surface area contributed by atoms with Gasteiger partial charge in [-0.25, -0.2) is 0 Å². The van der Waals surface area contributed by atoms with Crippen molar-refractivity contribution >= 4 is 18.6 Å². The smallest absolute Gasteiger partial charge is 0.321 e. The average molecular weight is 197 g/mol. The normalized spacial score (nSPS) is 14.9. The van der Waals surface area contributed by atoms with Gasteiger partial charge in [0.25, 0.3) is 0 Å². The molecule has 1 rings (SSSR count). The first-order valence-corrected chi connectivity index (χ1v) is 4.36. The summed E-state index contributed by atoms with van der Waals surface area (Å²) < 4.78 is 0. The minimum Gasteiger partial charge on any atom is -0.480 e. The van der Waals surface area contributed by atoms with E-state index >= 15 is 0 Å². The zero-order chi connectivity index (χ0) is 9.84. The van der Waals surface area contributed by atoms with E-state index < -0.39 is 17.3 Å². The fourth-order valence-corrected chi connectivity index (χ4v) is 1.29. The van der Waals surface area contributed by atoms with Crippen LogP contribution in [0, 0.1) is 0 Å². The molecular formula is C9H11NO2S. The van der Waals surface area contributed by atoms with Gasteiger partial charge >= 0.3 is 5.97 Å². The molecule has 1 aromatic carbocycles. The summed E-state index contributed by atoms with van der Waals surface area (Å²) >= 11 is 4.15. The molecule has 1 aromatic rings. The van der Waals surface area contributed by atoms with Crippen molar-refractivity contribution in [1.29, 1.82) is 0 Å². The van der Waals surface area contributed by atoms with E-state index in [0.29, 0.717) is 0 Å². The number of aliphatic carboxylic acids is 1. The molecule has 0 amide bonds. The molecule has 0 bridgehead atoms.